The average molecular weight is 233 g/mol. The van der Waals surface area contributed by atoms with Crippen LogP contribution in [0.2, 0.25) is 0 Å². The molecular formula is C14H19NO2. The van der Waals surface area contributed by atoms with Crippen LogP contribution >= 0.6 is 0 Å². The maximum atomic E-state index is 11.7. The molecule has 1 atom stereocenters. The molecule has 1 aromatic carbocycles. The first-order chi connectivity index (χ1) is 8.19. The third kappa shape index (κ3) is 4.04. The quantitative estimate of drug-likeness (QED) is 0.759. The highest BCUT2D eigenvalue weighted by Gasteiger charge is 2.18. The van der Waals surface area contributed by atoms with Crippen molar-refractivity contribution in [1.29, 1.82) is 0 Å². The van der Waals surface area contributed by atoms with Crippen molar-refractivity contribution in [3.63, 3.8) is 0 Å². The molecule has 0 unspecified atom stereocenters. The third-order valence-corrected chi connectivity index (χ3v) is 2.78. The first-order valence-corrected chi connectivity index (χ1v) is 5.70. The Morgan fingerprint density at radius 2 is 2.12 bits per heavy atom. The molecule has 3 nitrogen and oxygen atoms in total. The predicted octanol–water partition coefficient (Wildman–Crippen LogP) is 1.62. The Morgan fingerprint density at radius 3 is 2.65 bits per heavy atom. The van der Waals surface area contributed by atoms with Gasteiger partial charge in [-0.2, -0.15) is 0 Å². The fraction of sp³-hybridized carbons (Fsp3) is 0.357. The molecule has 1 amide bonds. The van der Waals surface area contributed by atoms with E-state index in [1.807, 2.05) is 30.3 Å². The van der Waals surface area contributed by atoms with Crippen LogP contribution in [-0.4, -0.2) is 35.6 Å². The normalized spacial score (nSPS) is 11.9. The molecule has 0 aromatic heterocycles. The van der Waals surface area contributed by atoms with E-state index in [2.05, 4.69) is 6.58 Å². The van der Waals surface area contributed by atoms with Crippen LogP contribution in [0.5, 0.6) is 0 Å². The molecule has 0 aliphatic rings. The number of nitrogens with zero attached hydrogens (tertiary/aromatic N) is 1. The number of carbonyl (C=O) groups excluding carboxylic acids is 1. The predicted molar refractivity (Wildman–Crippen MR) is 68.6 cm³/mol. The maximum absolute atomic E-state index is 11.7. The lowest BCUT2D eigenvalue weighted by molar-refractivity contribution is -0.131. The van der Waals surface area contributed by atoms with Gasteiger partial charge in [0.05, 0.1) is 12.6 Å². The van der Waals surface area contributed by atoms with Crippen molar-refractivity contribution in [1.82, 2.24) is 4.90 Å². The number of aliphatic hydroxyl groups is 1. The Kier molecular flexibility index (Phi) is 5.43. The lowest BCUT2D eigenvalue weighted by Crippen LogP contribution is -2.40. The van der Waals surface area contributed by atoms with Crippen LogP contribution < -0.4 is 0 Å². The van der Waals surface area contributed by atoms with Crippen LogP contribution in [0.3, 0.4) is 0 Å². The monoisotopic (exact) mass is 233 g/mol. The summed E-state index contributed by atoms with van der Waals surface area (Å²) >= 11 is 0. The summed E-state index contributed by atoms with van der Waals surface area (Å²) in [5.41, 5.74) is 1.12. The fourth-order valence-electron chi connectivity index (χ4n) is 1.68. The van der Waals surface area contributed by atoms with Crippen molar-refractivity contribution in [2.45, 2.75) is 18.9 Å². The highest BCUT2D eigenvalue weighted by atomic mass is 16.3. The summed E-state index contributed by atoms with van der Waals surface area (Å²) in [4.78, 5) is 13.3. The van der Waals surface area contributed by atoms with Gasteiger partial charge in [-0.15, -0.1) is 6.58 Å². The van der Waals surface area contributed by atoms with Gasteiger partial charge in [-0.3, -0.25) is 4.79 Å². The van der Waals surface area contributed by atoms with E-state index in [9.17, 15) is 9.90 Å². The number of aliphatic hydroxyl groups excluding tert-OH is 1. The van der Waals surface area contributed by atoms with Crippen LogP contribution in [0.25, 0.3) is 0 Å². The van der Waals surface area contributed by atoms with Gasteiger partial charge in [0.1, 0.15) is 0 Å². The lowest BCUT2D eigenvalue weighted by atomic mass is 10.1. The van der Waals surface area contributed by atoms with Crippen LogP contribution in [0.1, 0.15) is 12.0 Å². The van der Waals surface area contributed by atoms with Crippen LogP contribution in [-0.2, 0) is 11.2 Å². The molecule has 0 aliphatic carbocycles. The second kappa shape index (κ2) is 6.86. The summed E-state index contributed by atoms with van der Waals surface area (Å²) in [7, 11) is 1.72. The molecule has 0 bridgehead atoms. The van der Waals surface area contributed by atoms with Crippen molar-refractivity contribution in [2.24, 2.45) is 0 Å². The number of likely N-dealkylation sites (N-methyl/N-ethyl adjacent to an activating group) is 1. The molecule has 0 spiro atoms. The molecular weight excluding hydrogens is 214 g/mol. The molecule has 0 fully saturated rings. The highest BCUT2D eigenvalue weighted by molar-refractivity contribution is 5.77. The van der Waals surface area contributed by atoms with E-state index in [1.165, 1.54) is 0 Å². The molecule has 17 heavy (non-hydrogen) atoms. The Morgan fingerprint density at radius 1 is 1.47 bits per heavy atom. The Hall–Kier alpha value is -1.61. The van der Waals surface area contributed by atoms with E-state index in [0.29, 0.717) is 12.8 Å². The largest absolute Gasteiger partial charge is 0.394 e. The van der Waals surface area contributed by atoms with Gasteiger partial charge < -0.3 is 10.0 Å². The lowest BCUT2D eigenvalue weighted by Gasteiger charge is -2.26. The fourth-order valence-corrected chi connectivity index (χ4v) is 1.68. The topological polar surface area (TPSA) is 40.5 Å². The average Bonchev–Trinajstić information content (AvgIpc) is 2.36. The van der Waals surface area contributed by atoms with E-state index >= 15 is 0 Å². The minimum absolute atomic E-state index is 0.0185. The van der Waals surface area contributed by atoms with Gasteiger partial charge in [-0.05, 0) is 12.0 Å². The molecule has 0 saturated heterocycles. The second-order valence-electron chi connectivity index (χ2n) is 4.02. The van der Waals surface area contributed by atoms with Crippen molar-refractivity contribution < 1.29 is 9.90 Å². The molecule has 0 aliphatic heterocycles. The molecule has 92 valence electrons. The number of hydrogen-bond acceptors (Lipinski definition) is 2. The number of hydrogen-bond donors (Lipinski definition) is 1. The molecule has 1 rings (SSSR count). The highest BCUT2D eigenvalue weighted by Crippen LogP contribution is 2.08. The summed E-state index contributed by atoms with van der Waals surface area (Å²) in [5.74, 6) is -0.0185. The summed E-state index contributed by atoms with van der Waals surface area (Å²) in [6, 6.07) is 9.67. The van der Waals surface area contributed by atoms with Crippen molar-refractivity contribution in [3.8, 4) is 0 Å². The molecule has 3 heteroatoms. The molecule has 0 heterocycles. The molecule has 0 radical (unpaired) electrons. The van der Waals surface area contributed by atoms with E-state index in [4.69, 9.17) is 0 Å². The van der Waals surface area contributed by atoms with Gasteiger partial charge in [-0.1, -0.05) is 36.4 Å². The van der Waals surface area contributed by atoms with Crippen LogP contribution in [0, 0.1) is 0 Å². The van der Waals surface area contributed by atoms with Gasteiger partial charge in [-0.25, -0.2) is 0 Å². The van der Waals surface area contributed by atoms with E-state index in [0.717, 1.165) is 5.56 Å². The first-order valence-electron chi connectivity index (χ1n) is 5.70. The number of benzene rings is 1. The SMILES string of the molecule is C=CCC(=O)N(C)[C@H](CO)Cc1ccccc1. The number of carbonyl (C=O) groups is 1. The maximum Gasteiger partial charge on any atom is 0.226 e. The van der Waals surface area contributed by atoms with Crippen molar-refractivity contribution in [3.05, 3.63) is 48.6 Å². The van der Waals surface area contributed by atoms with Gasteiger partial charge >= 0.3 is 0 Å². The summed E-state index contributed by atoms with van der Waals surface area (Å²) in [6.07, 6.45) is 2.55. The van der Waals surface area contributed by atoms with E-state index < -0.39 is 0 Å². The molecule has 1 aromatic rings. The van der Waals surface area contributed by atoms with Crippen LogP contribution in [0.15, 0.2) is 43.0 Å². The van der Waals surface area contributed by atoms with Gasteiger partial charge in [0.25, 0.3) is 0 Å². The zero-order valence-electron chi connectivity index (χ0n) is 10.2. The van der Waals surface area contributed by atoms with E-state index in [-0.39, 0.29) is 18.6 Å². The Bertz CT molecular complexity index is 362. The van der Waals surface area contributed by atoms with Gasteiger partial charge in [0, 0.05) is 13.5 Å². The molecule has 1 N–H and O–H groups in total. The molecule has 0 saturated carbocycles. The van der Waals surface area contributed by atoms with E-state index in [1.54, 1.807) is 18.0 Å². The summed E-state index contributed by atoms with van der Waals surface area (Å²) in [5, 5.41) is 9.36. The van der Waals surface area contributed by atoms with Crippen molar-refractivity contribution >= 4 is 5.91 Å². The minimum Gasteiger partial charge on any atom is -0.394 e. The smallest absolute Gasteiger partial charge is 0.226 e. The zero-order valence-corrected chi connectivity index (χ0v) is 10.2. The van der Waals surface area contributed by atoms with Gasteiger partial charge in [0.2, 0.25) is 5.91 Å². The number of amides is 1. The van der Waals surface area contributed by atoms with Crippen molar-refractivity contribution in [2.75, 3.05) is 13.7 Å². The zero-order chi connectivity index (χ0) is 12.7. The van der Waals surface area contributed by atoms with Crippen LogP contribution in [0.4, 0.5) is 0 Å². The summed E-state index contributed by atoms with van der Waals surface area (Å²) in [6.45, 7) is 3.51. The first kappa shape index (κ1) is 13.5. The standard InChI is InChI=1S/C14H19NO2/c1-3-7-14(17)15(2)13(11-16)10-12-8-5-4-6-9-12/h3-6,8-9,13,16H,1,7,10-11H2,2H3/t13-/m0/s1. The second-order valence-corrected chi connectivity index (χ2v) is 4.02. The van der Waals surface area contributed by atoms with Gasteiger partial charge in [0.15, 0.2) is 0 Å². The Labute approximate surface area is 102 Å². The Balaban J connectivity index is 2.65. The summed E-state index contributed by atoms with van der Waals surface area (Å²) < 4.78 is 0. The third-order valence-electron chi connectivity index (χ3n) is 2.78. The number of rotatable bonds is 6. The minimum atomic E-state index is -0.176.